The van der Waals surface area contributed by atoms with E-state index in [1.165, 1.54) is 4.68 Å². The summed E-state index contributed by atoms with van der Waals surface area (Å²) in [4.78, 5) is 30.3. The molecule has 0 bridgehead atoms. The fourth-order valence-corrected chi connectivity index (χ4v) is 3.78. The average Bonchev–Trinajstić information content (AvgIpc) is 3.04. The fourth-order valence-electron chi connectivity index (χ4n) is 3.56. The molecule has 1 amide bonds. The number of para-hydroxylation sites is 1. The van der Waals surface area contributed by atoms with Crippen LogP contribution in [0.4, 0.5) is 11.5 Å². The Balaban J connectivity index is 1.55. The van der Waals surface area contributed by atoms with E-state index in [2.05, 4.69) is 15.6 Å². The number of amides is 1. The van der Waals surface area contributed by atoms with Crippen molar-refractivity contribution < 1.29 is 9.53 Å². The lowest BCUT2D eigenvalue weighted by molar-refractivity contribution is 0.102. The molecular weight excluding hydrogens is 454 g/mol. The van der Waals surface area contributed by atoms with E-state index in [4.69, 9.17) is 16.3 Å². The first-order valence-corrected chi connectivity index (χ1v) is 11.1. The van der Waals surface area contributed by atoms with Crippen LogP contribution in [0.15, 0.2) is 71.7 Å². The largest absolute Gasteiger partial charge is 0.456 e. The number of nitrogens with one attached hydrogen (secondary N) is 2. The van der Waals surface area contributed by atoms with E-state index in [0.29, 0.717) is 39.4 Å². The quantitative estimate of drug-likeness (QED) is 0.390. The maximum Gasteiger partial charge on any atom is 0.284 e. The van der Waals surface area contributed by atoms with E-state index in [1.54, 1.807) is 55.2 Å². The SMILES string of the molecule is CCNc1cc(Oc2ccc(NC(=O)c3c(C)n(C)n(-c4ccccc4)c3=O)cc2Cl)ccn1. The zero-order valence-electron chi connectivity index (χ0n) is 19.0. The van der Waals surface area contributed by atoms with Gasteiger partial charge in [-0.3, -0.25) is 14.3 Å². The number of hydrogen-bond donors (Lipinski definition) is 2. The molecular formula is C25H24ClN5O3. The van der Waals surface area contributed by atoms with Crippen molar-refractivity contribution in [2.24, 2.45) is 7.05 Å². The lowest BCUT2D eigenvalue weighted by atomic mass is 10.2. The van der Waals surface area contributed by atoms with Gasteiger partial charge in [0.15, 0.2) is 0 Å². The van der Waals surface area contributed by atoms with Crippen molar-refractivity contribution in [3.63, 3.8) is 0 Å². The van der Waals surface area contributed by atoms with Crippen LogP contribution in [0, 0.1) is 6.92 Å². The Labute approximate surface area is 201 Å². The number of aromatic nitrogens is 3. The van der Waals surface area contributed by atoms with Crippen LogP contribution in [0.1, 0.15) is 23.0 Å². The number of nitrogens with zero attached hydrogens (tertiary/aromatic N) is 3. The molecule has 0 unspecified atom stereocenters. The summed E-state index contributed by atoms with van der Waals surface area (Å²) in [7, 11) is 1.74. The van der Waals surface area contributed by atoms with Gasteiger partial charge in [-0.25, -0.2) is 9.67 Å². The molecule has 0 saturated heterocycles. The van der Waals surface area contributed by atoms with Gasteiger partial charge in [0.2, 0.25) is 0 Å². The van der Waals surface area contributed by atoms with Crippen LogP contribution in [-0.2, 0) is 7.05 Å². The topological polar surface area (TPSA) is 90.2 Å². The molecule has 0 saturated carbocycles. The molecule has 174 valence electrons. The molecule has 4 rings (SSSR count). The highest BCUT2D eigenvalue weighted by Crippen LogP contribution is 2.32. The van der Waals surface area contributed by atoms with Crippen molar-refractivity contribution in [3.05, 3.63) is 93.5 Å². The van der Waals surface area contributed by atoms with Gasteiger partial charge in [0.05, 0.1) is 16.4 Å². The minimum Gasteiger partial charge on any atom is -0.456 e. The van der Waals surface area contributed by atoms with Crippen LogP contribution in [0.25, 0.3) is 5.69 Å². The third kappa shape index (κ3) is 4.67. The number of pyridine rings is 1. The average molecular weight is 478 g/mol. The number of carbonyl (C=O) groups excluding carboxylic acids is 1. The summed E-state index contributed by atoms with van der Waals surface area (Å²) in [5, 5.41) is 6.19. The second kappa shape index (κ2) is 9.84. The molecule has 0 fully saturated rings. The minimum absolute atomic E-state index is 0.0653. The molecule has 0 atom stereocenters. The van der Waals surface area contributed by atoms with E-state index in [9.17, 15) is 9.59 Å². The summed E-state index contributed by atoms with van der Waals surface area (Å²) >= 11 is 6.40. The Kier molecular flexibility index (Phi) is 6.70. The zero-order chi connectivity index (χ0) is 24.2. The first-order chi connectivity index (χ1) is 16.4. The van der Waals surface area contributed by atoms with Gasteiger partial charge in [-0.15, -0.1) is 0 Å². The molecule has 0 radical (unpaired) electrons. The first-order valence-electron chi connectivity index (χ1n) is 10.7. The van der Waals surface area contributed by atoms with Crippen molar-refractivity contribution in [2.75, 3.05) is 17.2 Å². The van der Waals surface area contributed by atoms with Crippen LogP contribution in [0.3, 0.4) is 0 Å². The summed E-state index contributed by atoms with van der Waals surface area (Å²) in [6.07, 6.45) is 1.64. The van der Waals surface area contributed by atoms with Gasteiger partial charge in [-0.2, -0.15) is 0 Å². The van der Waals surface area contributed by atoms with Gasteiger partial charge < -0.3 is 15.4 Å². The summed E-state index contributed by atoms with van der Waals surface area (Å²) in [5.74, 6) is 1.18. The standard InChI is InChI=1S/C25H24ClN5O3/c1-4-27-22-15-19(12-13-28-22)34-21-11-10-17(14-20(21)26)29-24(32)23-16(2)30(3)31(25(23)33)18-8-6-5-7-9-18/h5-15H,4H2,1-3H3,(H,27,28)(H,29,32). The maximum atomic E-state index is 13.1. The minimum atomic E-state index is -0.512. The smallest absolute Gasteiger partial charge is 0.284 e. The van der Waals surface area contributed by atoms with Crippen molar-refractivity contribution in [1.82, 2.24) is 14.3 Å². The predicted molar refractivity (Wildman–Crippen MR) is 134 cm³/mol. The molecule has 34 heavy (non-hydrogen) atoms. The molecule has 2 N–H and O–H groups in total. The second-order valence-electron chi connectivity index (χ2n) is 7.55. The second-order valence-corrected chi connectivity index (χ2v) is 7.95. The molecule has 2 aromatic heterocycles. The van der Waals surface area contributed by atoms with Crippen molar-refractivity contribution in [3.8, 4) is 17.2 Å². The van der Waals surface area contributed by atoms with Crippen LogP contribution >= 0.6 is 11.6 Å². The van der Waals surface area contributed by atoms with E-state index in [1.807, 2.05) is 37.3 Å². The van der Waals surface area contributed by atoms with Gasteiger partial charge in [-0.05, 0) is 50.2 Å². The Morgan fingerprint density at radius 2 is 1.88 bits per heavy atom. The molecule has 4 aromatic rings. The van der Waals surface area contributed by atoms with Crippen LogP contribution in [-0.4, -0.2) is 26.8 Å². The van der Waals surface area contributed by atoms with Gasteiger partial charge in [0.1, 0.15) is 22.9 Å². The normalized spacial score (nSPS) is 10.7. The highest BCUT2D eigenvalue weighted by atomic mass is 35.5. The molecule has 9 heteroatoms. The lowest BCUT2D eigenvalue weighted by Crippen LogP contribution is -2.25. The first kappa shape index (κ1) is 23.1. The Bertz CT molecular complexity index is 1400. The molecule has 8 nitrogen and oxygen atoms in total. The molecule has 0 aliphatic carbocycles. The predicted octanol–water partition coefficient (Wildman–Crippen LogP) is 5.01. The van der Waals surface area contributed by atoms with E-state index in [0.717, 1.165) is 6.54 Å². The van der Waals surface area contributed by atoms with Crippen molar-refractivity contribution >= 4 is 29.0 Å². The highest BCUT2D eigenvalue weighted by Gasteiger charge is 2.22. The van der Waals surface area contributed by atoms with E-state index < -0.39 is 11.5 Å². The van der Waals surface area contributed by atoms with Gasteiger partial charge >= 0.3 is 0 Å². The monoisotopic (exact) mass is 477 g/mol. The van der Waals surface area contributed by atoms with Gasteiger partial charge in [-0.1, -0.05) is 29.8 Å². The highest BCUT2D eigenvalue weighted by molar-refractivity contribution is 6.32. The Morgan fingerprint density at radius 1 is 1.12 bits per heavy atom. The summed E-state index contributed by atoms with van der Waals surface area (Å²) in [6.45, 7) is 4.45. The number of rotatable bonds is 7. The van der Waals surface area contributed by atoms with E-state index in [-0.39, 0.29) is 5.56 Å². The molecule has 0 spiro atoms. The molecule has 2 heterocycles. The Hall–Kier alpha value is -4.04. The molecule has 0 aliphatic heterocycles. The summed E-state index contributed by atoms with van der Waals surface area (Å²) in [5.41, 5.74) is 1.33. The number of ether oxygens (including phenoxy) is 1. The van der Waals surface area contributed by atoms with Crippen LogP contribution in [0.5, 0.6) is 11.5 Å². The number of hydrogen-bond acceptors (Lipinski definition) is 5. The molecule has 2 aromatic carbocycles. The lowest BCUT2D eigenvalue weighted by Gasteiger charge is -2.11. The third-order valence-corrected chi connectivity index (χ3v) is 5.58. The number of benzene rings is 2. The van der Waals surface area contributed by atoms with Crippen molar-refractivity contribution in [2.45, 2.75) is 13.8 Å². The van der Waals surface area contributed by atoms with Gasteiger partial charge in [0, 0.05) is 31.5 Å². The summed E-state index contributed by atoms with van der Waals surface area (Å²) < 4.78 is 8.99. The van der Waals surface area contributed by atoms with Crippen molar-refractivity contribution in [1.29, 1.82) is 0 Å². The Morgan fingerprint density at radius 3 is 2.59 bits per heavy atom. The number of anilines is 2. The van der Waals surface area contributed by atoms with Crippen LogP contribution in [0.2, 0.25) is 5.02 Å². The number of halogens is 1. The third-order valence-electron chi connectivity index (χ3n) is 5.29. The van der Waals surface area contributed by atoms with Crippen LogP contribution < -0.4 is 20.9 Å². The maximum absolute atomic E-state index is 13.1. The molecule has 0 aliphatic rings. The summed E-state index contributed by atoms with van der Waals surface area (Å²) in [6, 6.07) is 17.6. The number of carbonyl (C=O) groups is 1. The van der Waals surface area contributed by atoms with Gasteiger partial charge in [0.25, 0.3) is 11.5 Å². The fraction of sp³-hybridized carbons (Fsp3) is 0.160. The van der Waals surface area contributed by atoms with E-state index >= 15 is 0 Å². The zero-order valence-corrected chi connectivity index (χ0v) is 19.8.